The van der Waals surface area contributed by atoms with Gasteiger partial charge in [0, 0.05) is 20.8 Å². The average Bonchev–Trinajstić information content (AvgIpc) is 3.43. The first-order valence-corrected chi connectivity index (χ1v) is 16.7. The normalized spacial score (nSPS) is 27.4. The van der Waals surface area contributed by atoms with E-state index in [2.05, 4.69) is 0 Å². The van der Waals surface area contributed by atoms with E-state index in [0.717, 1.165) is 16.7 Å². The highest BCUT2D eigenvalue weighted by atomic mass is 16.7. The maximum Gasteiger partial charge on any atom is 0.303 e. The lowest BCUT2D eigenvalue weighted by atomic mass is 9.98. The van der Waals surface area contributed by atoms with E-state index in [1.807, 2.05) is 91.0 Å². The number of carbonyl (C=O) groups is 3. The Balaban J connectivity index is 1.40. The molecule has 9 atom stereocenters. The molecule has 3 aromatic carbocycles. The zero-order valence-corrected chi connectivity index (χ0v) is 28.7. The first-order valence-electron chi connectivity index (χ1n) is 16.7. The summed E-state index contributed by atoms with van der Waals surface area (Å²) in [7, 11) is 0. The second-order valence-corrected chi connectivity index (χ2v) is 12.2. The van der Waals surface area contributed by atoms with Gasteiger partial charge < -0.3 is 47.7 Å². The second kappa shape index (κ2) is 18.9. The Kier molecular flexibility index (Phi) is 14.1. The summed E-state index contributed by atoms with van der Waals surface area (Å²) in [5, 5.41) is 11.4. The van der Waals surface area contributed by atoms with Crippen LogP contribution in [0.15, 0.2) is 91.0 Å². The predicted octanol–water partition coefficient (Wildman–Crippen LogP) is 3.63. The molecule has 51 heavy (non-hydrogen) atoms. The smallest absolute Gasteiger partial charge is 0.303 e. The van der Waals surface area contributed by atoms with Crippen LogP contribution in [0.5, 0.6) is 0 Å². The summed E-state index contributed by atoms with van der Waals surface area (Å²) >= 11 is 0. The average molecular weight is 709 g/mol. The topological polar surface area (TPSA) is 155 Å². The van der Waals surface area contributed by atoms with E-state index in [9.17, 15) is 19.5 Å². The third-order valence-electron chi connectivity index (χ3n) is 8.21. The van der Waals surface area contributed by atoms with Gasteiger partial charge in [-0.3, -0.25) is 14.4 Å². The first-order chi connectivity index (χ1) is 24.7. The van der Waals surface area contributed by atoms with Crippen molar-refractivity contribution in [1.29, 1.82) is 0 Å². The summed E-state index contributed by atoms with van der Waals surface area (Å²) in [4.78, 5) is 35.7. The van der Waals surface area contributed by atoms with E-state index in [0.29, 0.717) is 0 Å². The molecule has 2 fully saturated rings. The quantitative estimate of drug-likeness (QED) is 0.170. The Morgan fingerprint density at radius 2 is 0.980 bits per heavy atom. The van der Waals surface area contributed by atoms with E-state index < -0.39 is 73.2 Å². The van der Waals surface area contributed by atoms with Crippen molar-refractivity contribution >= 4 is 17.9 Å². The molecule has 5 rings (SSSR count). The summed E-state index contributed by atoms with van der Waals surface area (Å²) in [5.74, 6) is -1.92. The highest BCUT2D eigenvalue weighted by Gasteiger charge is 2.52. The van der Waals surface area contributed by atoms with Gasteiger partial charge in [-0.2, -0.15) is 0 Å². The van der Waals surface area contributed by atoms with Crippen molar-refractivity contribution in [3.05, 3.63) is 108 Å². The van der Waals surface area contributed by atoms with Crippen LogP contribution < -0.4 is 0 Å². The van der Waals surface area contributed by atoms with Gasteiger partial charge in [-0.05, 0) is 16.7 Å². The summed E-state index contributed by atoms with van der Waals surface area (Å²) in [6.07, 6.45) is -9.72. The van der Waals surface area contributed by atoms with Crippen LogP contribution in [0.4, 0.5) is 0 Å². The summed E-state index contributed by atoms with van der Waals surface area (Å²) in [5.41, 5.74) is 2.67. The fraction of sp³-hybridized carbons (Fsp3) is 0.447. The number of carbonyl (C=O) groups excluding carboxylic acids is 3. The SMILES string of the molecule is CC(=O)OC[C@H]1O[C@H](OC[C@H]2O[C@H](O)[C@H](OCc3ccccc3)[C@@H](OCc3ccccc3)[C@@H]2OCc2ccccc2)[C@@H](OC(C)=O)[C@H]1OC(C)=O. The number of ether oxygens (including phenoxy) is 9. The summed E-state index contributed by atoms with van der Waals surface area (Å²) in [6.45, 7) is 3.61. The van der Waals surface area contributed by atoms with Crippen molar-refractivity contribution in [2.24, 2.45) is 0 Å². The summed E-state index contributed by atoms with van der Waals surface area (Å²) in [6, 6.07) is 28.6. The standard InChI is InChI=1S/C38H44O13/c1-24(39)43-22-31-33(48-25(2)40)36(49-26(3)41)38(51-31)47-23-30-32(44-19-27-13-7-4-8-14-27)34(45-20-28-15-9-5-10-16-28)35(37(42)50-30)46-21-29-17-11-6-12-18-29/h4-18,30-38,42H,19-23H2,1-3H3/t30-,31-,32-,33+,34+,35-,36+,37+,38+/m1/s1. The van der Waals surface area contributed by atoms with Crippen LogP contribution in [0.2, 0.25) is 0 Å². The van der Waals surface area contributed by atoms with Gasteiger partial charge in [0.1, 0.15) is 37.1 Å². The Morgan fingerprint density at radius 1 is 0.529 bits per heavy atom. The molecule has 2 saturated heterocycles. The van der Waals surface area contributed by atoms with Gasteiger partial charge in [-0.15, -0.1) is 0 Å². The number of aliphatic hydroxyl groups excluding tert-OH is 1. The third-order valence-corrected chi connectivity index (χ3v) is 8.21. The molecule has 0 saturated carbocycles. The molecule has 2 aliphatic rings. The van der Waals surface area contributed by atoms with Gasteiger partial charge in [0.15, 0.2) is 24.8 Å². The molecular weight excluding hydrogens is 664 g/mol. The van der Waals surface area contributed by atoms with Crippen LogP contribution in [0.25, 0.3) is 0 Å². The molecule has 0 bridgehead atoms. The summed E-state index contributed by atoms with van der Waals surface area (Å²) < 4.78 is 53.6. The number of rotatable bonds is 16. The Bertz CT molecular complexity index is 1520. The Hall–Kier alpha value is -4.21. The van der Waals surface area contributed by atoms with E-state index in [1.54, 1.807) is 0 Å². The monoisotopic (exact) mass is 708 g/mol. The van der Waals surface area contributed by atoms with Gasteiger partial charge in [0.25, 0.3) is 0 Å². The van der Waals surface area contributed by atoms with Gasteiger partial charge in [-0.1, -0.05) is 91.0 Å². The van der Waals surface area contributed by atoms with Crippen LogP contribution in [0.3, 0.4) is 0 Å². The minimum absolute atomic E-state index is 0.172. The van der Waals surface area contributed by atoms with Crippen LogP contribution >= 0.6 is 0 Å². The number of benzene rings is 3. The van der Waals surface area contributed by atoms with Gasteiger partial charge in [-0.25, -0.2) is 0 Å². The molecule has 0 amide bonds. The van der Waals surface area contributed by atoms with E-state index >= 15 is 0 Å². The number of hydrogen-bond acceptors (Lipinski definition) is 13. The van der Waals surface area contributed by atoms with Crippen molar-refractivity contribution in [2.45, 2.75) is 95.9 Å². The molecule has 2 heterocycles. The number of hydrogen-bond donors (Lipinski definition) is 1. The fourth-order valence-electron chi connectivity index (χ4n) is 5.90. The van der Waals surface area contributed by atoms with Gasteiger partial charge >= 0.3 is 17.9 Å². The van der Waals surface area contributed by atoms with Gasteiger partial charge in [0.2, 0.25) is 0 Å². The zero-order valence-electron chi connectivity index (χ0n) is 28.7. The molecule has 0 spiro atoms. The van der Waals surface area contributed by atoms with Crippen molar-refractivity contribution in [3.8, 4) is 0 Å². The molecule has 274 valence electrons. The molecular formula is C38H44O13. The number of esters is 3. The molecule has 0 radical (unpaired) electrons. The maximum atomic E-state index is 12.1. The van der Waals surface area contributed by atoms with Crippen LogP contribution in [0.1, 0.15) is 37.5 Å². The van der Waals surface area contributed by atoms with Crippen molar-refractivity contribution in [1.82, 2.24) is 0 Å². The molecule has 0 unspecified atom stereocenters. The Morgan fingerprint density at radius 3 is 1.47 bits per heavy atom. The highest BCUT2D eigenvalue weighted by molar-refractivity contribution is 5.68. The molecule has 2 aliphatic heterocycles. The zero-order chi connectivity index (χ0) is 36.2. The lowest BCUT2D eigenvalue weighted by Crippen LogP contribution is -2.61. The van der Waals surface area contributed by atoms with E-state index in [1.165, 1.54) is 20.8 Å². The third kappa shape index (κ3) is 11.1. The van der Waals surface area contributed by atoms with Crippen LogP contribution in [0, 0.1) is 0 Å². The maximum absolute atomic E-state index is 12.1. The van der Waals surface area contributed by atoms with E-state index in [4.69, 9.17) is 42.6 Å². The molecule has 0 aromatic heterocycles. The first kappa shape index (κ1) is 38.0. The minimum atomic E-state index is -1.46. The van der Waals surface area contributed by atoms with Gasteiger partial charge in [0.05, 0.1) is 26.4 Å². The lowest BCUT2D eigenvalue weighted by Gasteiger charge is -2.44. The van der Waals surface area contributed by atoms with E-state index in [-0.39, 0.29) is 33.0 Å². The Labute approximate surface area is 296 Å². The largest absolute Gasteiger partial charge is 0.463 e. The molecule has 13 heteroatoms. The molecule has 3 aromatic rings. The molecule has 1 N–H and O–H groups in total. The molecule has 13 nitrogen and oxygen atoms in total. The van der Waals surface area contributed by atoms with Crippen molar-refractivity contribution in [2.75, 3.05) is 13.2 Å². The van der Waals surface area contributed by atoms with Crippen molar-refractivity contribution in [3.63, 3.8) is 0 Å². The highest BCUT2D eigenvalue weighted by Crippen LogP contribution is 2.33. The minimum Gasteiger partial charge on any atom is -0.463 e. The van der Waals surface area contributed by atoms with Crippen LogP contribution in [-0.2, 0) is 76.8 Å². The fourth-order valence-corrected chi connectivity index (χ4v) is 5.90. The molecule has 0 aliphatic carbocycles. The number of aliphatic hydroxyl groups is 1. The predicted molar refractivity (Wildman–Crippen MR) is 178 cm³/mol. The lowest BCUT2D eigenvalue weighted by molar-refractivity contribution is -0.323. The second-order valence-electron chi connectivity index (χ2n) is 12.2. The van der Waals surface area contributed by atoms with Crippen LogP contribution in [-0.4, -0.2) is 91.5 Å². The van der Waals surface area contributed by atoms with Crippen molar-refractivity contribution < 1.29 is 62.1 Å².